The fraction of sp³-hybridized carbons (Fsp3) is 0.500. The van der Waals surface area contributed by atoms with Crippen LogP contribution < -0.4 is 29.4 Å². The normalized spacial score (nSPS) is 11.0. The second-order valence-corrected chi connectivity index (χ2v) is 19.6. The highest BCUT2D eigenvalue weighted by molar-refractivity contribution is 5.89. The zero-order chi connectivity index (χ0) is 51.5. The van der Waals surface area contributed by atoms with Gasteiger partial charge in [-0.1, -0.05) is 107 Å². The van der Waals surface area contributed by atoms with Crippen molar-refractivity contribution >= 4 is 62.6 Å². The van der Waals surface area contributed by atoms with E-state index in [1.54, 1.807) is 0 Å². The second kappa shape index (κ2) is 31.4. The van der Waals surface area contributed by atoms with Crippen LogP contribution in [0.25, 0.3) is 4.85 Å². The first-order chi connectivity index (χ1) is 35.3. The van der Waals surface area contributed by atoms with Crippen LogP contribution in [-0.4, -0.2) is 52.4 Å². The van der Waals surface area contributed by atoms with Crippen LogP contribution in [0.3, 0.4) is 0 Å². The van der Waals surface area contributed by atoms with Gasteiger partial charge in [-0.05, 0) is 161 Å². The molecule has 0 saturated heterocycles. The largest absolute Gasteiger partial charge is 0.373 e. The molecule has 0 amide bonds. The van der Waals surface area contributed by atoms with E-state index in [1.807, 2.05) is 0 Å². The molecule has 0 radical (unpaired) electrons. The summed E-state index contributed by atoms with van der Waals surface area (Å²) in [5, 5.41) is 11.0. The highest BCUT2D eigenvalue weighted by atomic mass is 15.2. The van der Waals surface area contributed by atoms with E-state index >= 15 is 0 Å². The zero-order valence-electron chi connectivity index (χ0n) is 45.9. The maximum Gasteiger partial charge on any atom is 0.212 e. The van der Waals surface area contributed by atoms with Crippen molar-refractivity contribution in [3.63, 3.8) is 0 Å². The molecule has 5 rings (SSSR count). The Kier molecular flexibility index (Phi) is 24.7. The van der Waals surface area contributed by atoms with E-state index < -0.39 is 0 Å². The standard InChI is InChI=1S/C64H90N8/c1-10-18-42-67(43-19-11-2)54-26-30-56(31-27-54)71(63-40-38-60(50-53(63)52-65)69(46-22-14-5)47-23-15-6)57-34-36-59(37-35-57)72(58-32-28-55(29-33-58)68(44-20-12-3)45-21-13-4)64-41-39-61(51-62(64)66-9)70(48-24-16-7)49-25-17-8/h26-41,50-51H,10-25,42-49H2,1-8H3. The van der Waals surface area contributed by atoms with Gasteiger partial charge in [0.2, 0.25) is 5.69 Å². The van der Waals surface area contributed by atoms with Crippen LogP contribution in [0, 0.1) is 17.9 Å². The molecule has 0 aromatic heterocycles. The van der Waals surface area contributed by atoms with E-state index in [9.17, 15) is 5.26 Å². The molecule has 0 N–H and O–H groups in total. The van der Waals surface area contributed by atoms with Crippen molar-refractivity contribution in [3.05, 3.63) is 126 Å². The summed E-state index contributed by atoms with van der Waals surface area (Å²) in [5.41, 5.74) is 11.6. The van der Waals surface area contributed by atoms with Crippen LogP contribution in [0.2, 0.25) is 0 Å². The van der Waals surface area contributed by atoms with Crippen molar-refractivity contribution in [3.8, 4) is 6.07 Å². The summed E-state index contributed by atoms with van der Waals surface area (Å²) in [4.78, 5) is 18.7. The van der Waals surface area contributed by atoms with Crippen molar-refractivity contribution in [1.82, 2.24) is 0 Å². The predicted molar refractivity (Wildman–Crippen MR) is 315 cm³/mol. The molecule has 0 fully saturated rings. The lowest BCUT2D eigenvalue weighted by Gasteiger charge is -2.32. The van der Waals surface area contributed by atoms with Crippen LogP contribution in [0.5, 0.6) is 0 Å². The van der Waals surface area contributed by atoms with Crippen molar-refractivity contribution in [2.24, 2.45) is 0 Å². The number of anilines is 10. The molecule has 0 spiro atoms. The lowest BCUT2D eigenvalue weighted by atomic mass is 10.1. The average molecular weight is 971 g/mol. The zero-order valence-corrected chi connectivity index (χ0v) is 45.9. The Balaban J connectivity index is 1.67. The molecule has 0 bridgehead atoms. The SMILES string of the molecule is [C-]#[N+]c1cc(N(CCCC)CCCC)ccc1N(c1ccc(N(CCCC)CCCC)cc1)c1ccc(N(c2ccc(N(CCCC)CCCC)cc2)c2ccc(N(CCCC)CCCC)cc2C#N)cc1. The van der Waals surface area contributed by atoms with Gasteiger partial charge in [-0.15, -0.1) is 0 Å². The van der Waals surface area contributed by atoms with Crippen LogP contribution in [0.15, 0.2) is 109 Å². The molecule has 0 aliphatic carbocycles. The maximum atomic E-state index is 11.0. The molecule has 0 aliphatic rings. The molecular formula is C64H90N8. The molecular weight excluding hydrogens is 881 g/mol. The van der Waals surface area contributed by atoms with Gasteiger partial charge in [-0.25, -0.2) is 4.85 Å². The van der Waals surface area contributed by atoms with Crippen molar-refractivity contribution in [2.45, 2.75) is 158 Å². The number of rotatable bonds is 34. The third-order valence-corrected chi connectivity index (χ3v) is 14.0. The summed E-state index contributed by atoms with van der Waals surface area (Å²) < 4.78 is 0. The molecule has 0 saturated carbocycles. The summed E-state index contributed by atoms with van der Waals surface area (Å²) in [6.07, 6.45) is 18.2. The van der Waals surface area contributed by atoms with Gasteiger partial charge in [0.15, 0.2) is 0 Å². The summed E-state index contributed by atoms with van der Waals surface area (Å²) in [6, 6.07) is 42.3. The highest BCUT2D eigenvalue weighted by Crippen LogP contribution is 2.45. The number of nitrogens with zero attached hydrogens (tertiary/aromatic N) is 8. The molecule has 0 unspecified atom stereocenters. The Morgan fingerprint density at radius 2 is 0.597 bits per heavy atom. The van der Waals surface area contributed by atoms with E-state index in [0.717, 1.165) is 201 Å². The topological polar surface area (TPSA) is 47.6 Å². The Morgan fingerprint density at radius 1 is 0.347 bits per heavy atom. The quantitative estimate of drug-likeness (QED) is 0.0381. The first-order valence-corrected chi connectivity index (χ1v) is 28.3. The van der Waals surface area contributed by atoms with E-state index in [4.69, 9.17) is 6.57 Å². The van der Waals surface area contributed by atoms with Gasteiger partial charge in [0.25, 0.3) is 0 Å². The Hall–Kier alpha value is -6.12. The van der Waals surface area contributed by atoms with Crippen LogP contribution >= 0.6 is 0 Å². The monoisotopic (exact) mass is 971 g/mol. The molecule has 0 atom stereocenters. The third kappa shape index (κ3) is 15.9. The summed E-state index contributed by atoms with van der Waals surface area (Å²) >= 11 is 0. The molecule has 72 heavy (non-hydrogen) atoms. The molecule has 8 nitrogen and oxygen atoms in total. The minimum absolute atomic E-state index is 0.630. The lowest BCUT2D eigenvalue weighted by molar-refractivity contribution is 0.678. The van der Waals surface area contributed by atoms with Crippen LogP contribution in [-0.2, 0) is 0 Å². The molecule has 0 aliphatic heterocycles. The Morgan fingerprint density at radius 3 is 0.889 bits per heavy atom. The van der Waals surface area contributed by atoms with Gasteiger partial charge >= 0.3 is 0 Å². The molecule has 5 aromatic carbocycles. The van der Waals surface area contributed by atoms with E-state index in [1.165, 1.54) is 11.4 Å². The fourth-order valence-electron chi connectivity index (χ4n) is 9.49. The fourth-order valence-corrected chi connectivity index (χ4v) is 9.49. The van der Waals surface area contributed by atoms with Gasteiger partial charge in [0.1, 0.15) is 6.07 Å². The van der Waals surface area contributed by atoms with Crippen molar-refractivity contribution < 1.29 is 0 Å². The molecule has 5 aromatic rings. The second-order valence-electron chi connectivity index (χ2n) is 19.6. The summed E-state index contributed by atoms with van der Waals surface area (Å²) in [5.74, 6) is 0. The lowest BCUT2D eigenvalue weighted by Crippen LogP contribution is -2.26. The van der Waals surface area contributed by atoms with Crippen molar-refractivity contribution in [1.29, 1.82) is 5.26 Å². The number of benzene rings is 5. The minimum Gasteiger partial charge on any atom is -0.373 e. The smallest absolute Gasteiger partial charge is 0.212 e. The number of hydrogen-bond donors (Lipinski definition) is 0. The van der Waals surface area contributed by atoms with E-state index in [2.05, 4.69) is 205 Å². The first kappa shape index (κ1) is 56.8. The minimum atomic E-state index is 0.630. The van der Waals surface area contributed by atoms with Gasteiger partial charge in [-0.3, -0.25) is 0 Å². The summed E-state index contributed by atoms with van der Waals surface area (Å²) in [6.45, 7) is 34.7. The predicted octanol–water partition coefficient (Wildman–Crippen LogP) is 18.7. The summed E-state index contributed by atoms with van der Waals surface area (Å²) in [7, 11) is 0. The maximum absolute atomic E-state index is 11.0. The van der Waals surface area contributed by atoms with Gasteiger partial charge in [0, 0.05) is 97.9 Å². The van der Waals surface area contributed by atoms with Crippen molar-refractivity contribution in [2.75, 3.05) is 81.8 Å². The number of unbranched alkanes of at least 4 members (excludes halogenated alkanes) is 8. The Bertz CT molecular complexity index is 2180. The Labute approximate surface area is 438 Å². The third-order valence-electron chi connectivity index (χ3n) is 14.0. The number of hydrogen-bond acceptors (Lipinski definition) is 7. The molecule has 8 heteroatoms. The highest BCUT2D eigenvalue weighted by Gasteiger charge is 2.23. The van der Waals surface area contributed by atoms with Crippen LogP contribution in [0.4, 0.5) is 62.6 Å². The first-order valence-electron chi connectivity index (χ1n) is 28.3. The van der Waals surface area contributed by atoms with Crippen LogP contribution in [0.1, 0.15) is 164 Å². The average Bonchev–Trinajstić information content (AvgIpc) is 3.42. The molecule has 386 valence electrons. The van der Waals surface area contributed by atoms with Gasteiger partial charge in [0.05, 0.1) is 23.5 Å². The van der Waals surface area contributed by atoms with E-state index in [-0.39, 0.29) is 0 Å². The van der Waals surface area contributed by atoms with E-state index in [0.29, 0.717) is 11.3 Å². The number of nitriles is 1. The van der Waals surface area contributed by atoms with Gasteiger partial charge in [-0.2, -0.15) is 5.26 Å². The van der Waals surface area contributed by atoms with Gasteiger partial charge < -0.3 is 29.4 Å². The molecule has 0 heterocycles.